The number of pyridine rings is 2. The Hall–Kier alpha value is -3.07. The first kappa shape index (κ1) is 19.9. The summed E-state index contributed by atoms with van der Waals surface area (Å²) in [7, 11) is 0. The minimum absolute atomic E-state index is 0.134. The standard InChI is InChI=1S/C22H25FN6O2/c1-13-25-12-20(31-13)18-5-2-14-11-26-21(10-19(14)27-18)28-22(30)29-16-3-4-17(29)9-15(8-16)24-7-6-23/h2,5,10-12,15-17,24H,3-4,6-9H2,1H3,(H,26,28,30). The summed E-state index contributed by atoms with van der Waals surface area (Å²) in [5, 5.41) is 7.07. The molecular formula is C22H25FN6O2. The largest absolute Gasteiger partial charge is 0.439 e. The number of rotatable bonds is 5. The lowest BCUT2D eigenvalue weighted by Crippen LogP contribution is -2.53. The number of hydrogen-bond acceptors (Lipinski definition) is 6. The first-order chi connectivity index (χ1) is 15.1. The van der Waals surface area contributed by atoms with Gasteiger partial charge in [0.1, 0.15) is 18.2 Å². The molecule has 5 heterocycles. The van der Waals surface area contributed by atoms with Gasteiger partial charge in [-0.2, -0.15) is 0 Å². The Morgan fingerprint density at radius 2 is 2.03 bits per heavy atom. The number of fused-ring (bicyclic) bond motifs is 3. The molecule has 0 radical (unpaired) electrons. The van der Waals surface area contributed by atoms with Gasteiger partial charge in [-0.05, 0) is 37.8 Å². The van der Waals surface area contributed by atoms with Crippen molar-refractivity contribution in [2.24, 2.45) is 0 Å². The molecule has 2 aliphatic heterocycles. The Bertz CT molecular complexity index is 1090. The van der Waals surface area contributed by atoms with Gasteiger partial charge in [0.15, 0.2) is 11.7 Å². The second-order valence-electron chi connectivity index (χ2n) is 8.24. The molecule has 3 aromatic heterocycles. The number of piperidine rings is 1. The smallest absolute Gasteiger partial charge is 0.323 e. The van der Waals surface area contributed by atoms with E-state index >= 15 is 0 Å². The summed E-state index contributed by atoms with van der Waals surface area (Å²) in [6.45, 7) is 1.80. The first-order valence-electron chi connectivity index (χ1n) is 10.7. The van der Waals surface area contributed by atoms with Crippen molar-refractivity contribution in [1.29, 1.82) is 0 Å². The molecule has 3 aromatic rings. The number of alkyl halides is 1. The highest BCUT2D eigenvalue weighted by molar-refractivity contribution is 5.91. The number of nitrogens with one attached hydrogen (secondary N) is 2. The van der Waals surface area contributed by atoms with Crippen LogP contribution >= 0.6 is 0 Å². The van der Waals surface area contributed by atoms with Crippen molar-refractivity contribution in [1.82, 2.24) is 25.2 Å². The zero-order valence-electron chi connectivity index (χ0n) is 17.3. The van der Waals surface area contributed by atoms with Crippen molar-refractivity contribution in [3.63, 3.8) is 0 Å². The molecule has 0 aromatic carbocycles. The van der Waals surface area contributed by atoms with E-state index in [4.69, 9.17) is 4.42 Å². The Morgan fingerprint density at radius 1 is 1.23 bits per heavy atom. The van der Waals surface area contributed by atoms with Gasteiger partial charge in [-0.1, -0.05) is 0 Å². The van der Waals surface area contributed by atoms with Crippen molar-refractivity contribution in [3.05, 3.63) is 36.5 Å². The Balaban J connectivity index is 1.31. The van der Waals surface area contributed by atoms with Gasteiger partial charge in [0.05, 0.1) is 11.7 Å². The molecule has 5 rings (SSSR count). The number of oxazole rings is 1. The van der Waals surface area contributed by atoms with E-state index in [0.29, 0.717) is 35.2 Å². The van der Waals surface area contributed by atoms with Crippen LogP contribution in [-0.4, -0.2) is 57.2 Å². The Kier molecular flexibility index (Phi) is 5.27. The van der Waals surface area contributed by atoms with E-state index in [-0.39, 0.29) is 30.8 Å². The maximum Gasteiger partial charge on any atom is 0.323 e. The second kappa shape index (κ2) is 8.22. The van der Waals surface area contributed by atoms with Gasteiger partial charge >= 0.3 is 6.03 Å². The van der Waals surface area contributed by atoms with E-state index in [9.17, 15) is 9.18 Å². The number of hydrogen-bond donors (Lipinski definition) is 2. The van der Waals surface area contributed by atoms with Crippen LogP contribution < -0.4 is 10.6 Å². The summed E-state index contributed by atoms with van der Waals surface area (Å²) in [6.07, 6.45) is 7.04. The summed E-state index contributed by atoms with van der Waals surface area (Å²) in [4.78, 5) is 28.1. The highest BCUT2D eigenvalue weighted by atomic mass is 19.1. The average molecular weight is 424 g/mol. The van der Waals surface area contributed by atoms with E-state index in [2.05, 4.69) is 25.6 Å². The van der Waals surface area contributed by atoms with Gasteiger partial charge in [0.25, 0.3) is 0 Å². The molecule has 8 nitrogen and oxygen atoms in total. The van der Waals surface area contributed by atoms with Crippen molar-refractivity contribution in [2.75, 3.05) is 18.5 Å². The minimum Gasteiger partial charge on any atom is -0.439 e. The summed E-state index contributed by atoms with van der Waals surface area (Å²) < 4.78 is 18.0. The third-order valence-corrected chi connectivity index (χ3v) is 6.18. The van der Waals surface area contributed by atoms with Crippen molar-refractivity contribution < 1.29 is 13.6 Å². The molecule has 2 bridgehead atoms. The van der Waals surface area contributed by atoms with Crippen LogP contribution in [0.4, 0.5) is 15.0 Å². The molecule has 2 N–H and O–H groups in total. The van der Waals surface area contributed by atoms with Crippen LogP contribution in [0.3, 0.4) is 0 Å². The molecule has 0 aliphatic carbocycles. The van der Waals surface area contributed by atoms with Gasteiger partial charge in [0.2, 0.25) is 0 Å². The molecule has 31 heavy (non-hydrogen) atoms. The molecule has 2 atom stereocenters. The molecule has 0 saturated carbocycles. The van der Waals surface area contributed by atoms with Crippen molar-refractivity contribution in [2.45, 2.75) is 50.7 Å². The number of urea groups is 1. The van der Waals surface area contributed by atoms with Crippen LogP contribution in [0, 0.1) is 6.92 Å². The molecule has 0 spiro atoms. The van der Waals surface area contributed by atoms with Crippen molar-refractivity contribution in [3.8, 4) is 11.5 Å². The average Bonchev–Trinajstić information content (AvgIpc) is 3.32. The number of halogens is 1. The number of aromatic nitrogens is 3. The lowest BCUT2D eigenvalue weighted by molar-refractivity contribution is 0.141. The van der Waals surface area contributed by atoms with Gasteiger partial charge in [-0.25, -0.2) is 24.1 Å². The molecular weight excluding hydrogens is 399 g/mol. The number of carbonyl (C=O) groups is 1. The second-order valence-corrected chi connectivity index (χ2v) is 8.24. The zero-order valence-corrected chi connectivity index (χ0v) is 17.3. The number of aryl methyl sites for hydroxylation is 1. The molecule has 2 fully saturated rings. The molecule has 2 unspecified atom stereocenters. The maximum absolute atomic E-state index is 13.0. The first-order valence-corrected chi connectivity index (χ1v) is 10.7. The van der Waals surface area contributed by atoms with E-state index < -0.39 is 0 Å². The van der Waals surface area contributed by atoms with E-state index in [1.54, 1.807) is 25.4 Å². The van der Waals surface area contributed by atoms with Crippen LogP contribution in [0.2, 0.25) is 0 Å². The Labute approximate surface area is 179 Å². The van der Waals surface area contributed by atoms with Crippen molar-refractivity contribution >= 4 is 22.8 Å². The SMILES string of the molecule is Cc1ncc(-c2ccc3cnc(NC(=O)N4C5CCC4CC(NCCF)C5)cc3n2)o1. The minimum atomic E-state index is -0.366. The van der Waals surface area contributed by atoms with Gasteiger partial charge < -0.3 is 14.6 Å². The molecule has 162 valence electrons. The number of anilines is 1. The topological polar surface area (TPSA) is 96.2 Å². The lowest BCUT2D eigenvalue weighted by atomic mass is 9.97. The quantitative estimate of drug-likeness (QED) is 0.649. The third-order valence-electron chi connectivity index (χ3n) is 6.18. The zero-order chi connectivity index (χ0) is 21.4. The summed E-state index contributed by atoms with van der Waals surface area (Å²) in [5.41, 5.74) is 1.39. The number of nitrogens with zero attached hydrogens (tertiary/aromatic N) is 4. The lowest BCUT2D eigenvalue weighted by Gasteiger charge is -2.39. The van der Waals surface area contributed by atoms with E-state index in [1.165, 1.54) is 0 Å². The van der Waals surface area contributed by atoms with Crippen LogP contribution in [-0.2, 0) is 0 Å². The molecule has 9 heteroatoms. The predicted molar refractivity (Wildman–Crippen MR) is 114 cm³/mol. The van der Waals surface area contributed by atoms with Crippen LogP contribution in [0.25, 0.3) is 22.4 Å². The Morgan fingerprint density at radius 3 is 2.74 bits per heavy atom. The highest BCUT2D eigenvalue weighted by Crippen LogP contribution is 2.36. The molecule has 2 aliphatic rings. The van der Waals surface area contributed by atoms with Crippen LogP contribution in [0.5, 0.6) is 0 Å². The molecule has 2 saturated heterocycles. The van der Waals surface area contributed by atoms with Gasteiger partial charge in [-0.3, -0.25) is 5.32 Å². The fraction of sp³-hybridized carbons (Fsp3) is 0.455. The van der Waals surface area contributed by atoms with E-state index in [1.807, 2.05) is 17.0 Å². The summed E-state index contributed by atoms with van der Waals surface area (Å²) in [5.74, 6) is 1.65. The third kappa shape index (κ3) is 3.97. The normalized spacial score (nSPS) is 22.8. The van der Waals surface area contributed by atoms with E-state index in [0.717, 1.165) is 31.1 Å². The fourth-order valence-electron chi connectivity index (χ4n) is 4.81. The number of carbonyl (C=O) groups excluding carboxylic acids is 1. The van der Waals surface area contributed by atoms with Crippen LogP contribution in [0.1, 0.15) is 31.6 Å². The maximum atomic E-state index is 13.0. The predicted octanol–water partition coefficient (Wildman–Crippen LogP) is 3.68. The fourth-order valence-corrected chi connectivity index (χ4v) is 4.81. The van der Waals surface area contributed by atoms with Gasteiger partial charge in [-0.15, -0.1) is 0 Å². The summed E-state index contributed by atoms with van der Waals surface area (Å²) in [6, 6.07) is 6.05. The highest BCUT2D eigenvalue weighted by Gasteiger charge is 2.43. The van der Waals surface area contributed by atoms with Gasteiger partial charge in [0, 0.05) is 49.2 Å². The monoisotopic (exact) mass is 424 g/mol. The van der Waals surface area contributed by atoms with Crippen LogP contribution in [0.15, 0.2) is 35.0 Å². The molecule has 2 amide bonds. The summed E-state index contributed by atoms with van der Waals surface area (Å²) >= 11 is 0. The number of amides is 2.